The lowest BCUT2D eigenvalue weighted by atomic mass is 10.1. The number of halogens is 5. The van der Waals surface area contributed by atoms with Gasteiger partial charge >= 0.3 is 5.97 Å². The number of oxime groups is 1. The largest absolute Gasteiger partial charge is 0.371 e. The summed E-state index contributed by atoms with van der Waals surface area (Å²) in [7, 11) is 0. The molecule has 1 aromatic carbocycles. The Bertz CT molecular complexity index is 643. The van der Waals surface area contributed by atoms with Gasteiger partial charge in [-0.2, -0.15) is 0 Å². The first kappa shape index (κ1) is 19.5. The zero-order valence-electron chi connectivity index (χ0n) is 12.6. The zero-order chi connectivity index (χ0) is 18.3. The van der Waals surface area contributed by atoms with E-state index in [1.807, 2.05) is 0 Å². The van der Waals surface area contributed by atoms with Crippen LogP contribution in [0.3, 0.4) is 0 Å². The lowest BCUT2D eigenvalue weighted by Crippen LogP contribution is -2.14. The highest BCUT2D eigenvalue weighted by molar-refractivity contribution is 5.91. The van der Waals surface area contributed by atoms with E-state index in [0.717, 1.165) is 0 Å². The van der Waals surface area contributed by atoms with Crippen LogP contribution in [0.25, 0.3) is 0 Å². The van der Waals surface area contributed by atoms with Crippen LogP contribution in [0.2, 0.25) is 0 Å². The number of nitrogens with zero attached hydrogens (tertiary/aromatic N) is 1. The van der Waals surface area contributed by atoms with E-state index in [2.05, 4.69) is 23.2 Å². The number of rotatable bonds is 8. The second-order valence-electron chi connectivity index (χ2n) is 4.64. The fourth-order valence-corrected chi connectivity index (χ4v) is 1.69. The first-order valence-electron chi connectivity index (χ1n) is 6.85. The van der Waals surface area contributed by atoms with Crippen molar-refractivity contribution in [3.63, 3.8) is 0 Å². The molecule has 0 aliphatic carbocycles. The van der Waals surface area contributed by atoms with Gasteiger partial charge in [0.05, 0.1) is 5.71 Å². The lowest BCUT2D eigenvalue weighted by Gasteiger charge is -2.07. The lowest BCUT2D eigenvalue weighted by molar-refractivity contribution is 0.0499. The summed E-state index contributed by atoms with van der Waals surface area (Å²) in [6, 6.07) is 0. The maximum Gasteiger partial charge on any atom is 0.371 e. The highest BCUT2D eigenvalue weighted by Gasteiger charge is 2.31. The van der Waals surface area contributed by atoms with Crippen LogP contribution in [0.5, 0.6) is 0 Å². The molecule has 0 unspecified atom stereocenters. The van der Waals surface area contributed by atoms with Crippen LogP contribution < -0.4 is 0 Å². The van der Waals surface area contributed by atoms with E-state index >= 15 is 0 Å². The molecule has 0 radical (unpaired) electrons. The second kappa shape index (κ2) is 8.95. The minimum atomic E-state index is -2.36. The third-order valence-corrected chi connectivity index (χ3v) is 2.95. The topological polar surface area (TPSA) is 38.7 Å². The molecule has 0 aliphatic heterocycles. The van der Waals surface area contributed by atoms with Crippen LogP contribution in [0.15, 0.2) is 30.5 Å². The van der Waals surface area contributed by atoms with Gasteiger partial charge in [0.15, 0.2) is 23.3 Å². The predicted octanol–water partition coefficient (Wildman–Crippen LogP) is 4.83. The van der Waals surface area contributed by atoms with Gasteiger partial charge in [-0.25, -0.2) is 26.7 Å². The molecule has 0 bridgehead atoms. The molecule has 24 heavy (non-hydrogen) atoms. The van der Waals surface area contributed by atoms with Crippen molar-refractivity contribution < 1.29 is 31.6 Å². The molecule has 0 saturated carbocycles. The quantitative estimate of drug-likeness (QED) is 0.129. The van der Waals surface area contributed by atoms with Crippen molar-refractivity contribution in [2.45, 2.75) is 25.7 Å². The molecule has 0 fully saturated rings. The van der Waals surface area contributed by atoms with Crippen LogP contribution in [0.1, 0.15) is 36.0 Å². The van der Waals surface area contributed by atoms with Gasteiger partial charge in [0.2, 0.25) is 5.82 Å². The maximum absolute atomic E-state index is 13.5. The minimum Gasteiger partial charge on any atom is -0.313 e. The molecule has 0 aromatic heterocycles. The third-order valence-electron chi connectivity index (χ3n) is 2.95. The number of hydrogen-bond acceptors (Lipinski definition) is 3. The van der Waals surface area contributed by atoms with Crippen molar-refractivity contribution in [1.29, 1.82) is 0 Å². The van der Waals surface area contributed by atoms with Crippen molar-refractivity contribution in [2.75, 3.05) is 0 Å². The zero-order valence-corrected chi connectivity index (χ0v) is 12.6. The number of hydrogen-bond donors (Lipinski definition) is 0. The van der Waals surface area contributed by atoms with E-state index in [1.165, 1.54) is 0 Å². The van der Waals surface area contributed by atoms with E-state index in [0.29, 0.717) is 31.4 Å². The van der Waals surface area contributed by atoms with Crippen LogP contribution in [-0.4, -0.2) is 11.7 Å². The summed E-state index contributed by atoms with van der Waals surface area (Å²) in [4.78, 5) is 16.0. The Morgan fingerprint density at radius 2 is 1.29 bits per heavy atom. The molecule has 130 valence electrons. The molecule has 3 nitrogen and oxygen atoms in total. The van der Waals surface area contributed by atoms with Gasteiger partial charge in [0, 0.05) is 0 Å². The Morgan fingerprint density at radius 1 is 0.875 bits per heavy atom. The number of carbonyl (C=O) groups excluding carboxylic acids is 1. The second-order valence-corrected chi connectivity index (χ2v) is 4.64. The average molecular weight is 347 g/mol. The molecule has 0 heterocycles. The first-order chi connectivity index (χ1) is 11.3. The van der Waals surface area contributed by atoms with Crippen LogP contribution in [0, 0.1) is 29.1 Å². The summed E-state index contributed by atoms with van der Waals surface area (Å²) >= 11 is 0. The smallest absolute Gasteiger partial charge is 0.313 e. The van der Waals surface area contributed by atoms with Crippen molar-refractivity contribution in [3.05, 3.63) is 60.0 Å². The first-order valence-corrected chi connectivity index (χ1v) is 6.85. The Balaban J connectivity index is 3.07. The fraction of sp³-hybridized carbons (Fsp3) is 0.250. The molecule has 1 rings (SSSR count). The van der Waals surface area contributed by atoms with E-state index < -0.39 is 40.6 Å². The molecule has 8 heteroatoms. The van der Waals surface area contributed by atoms with E-state index in [-0.39, 0.29) is 0 Å². The molecule has 0 aliphatic rings. The average Bonchev–Trinajstić information content (AvgIpc) is 2.57. The number of allylic oxidation sites excluding steroid dienone is 2. The monoisotopic (exact) mass is 347 g/mol. The molecule has 0 spiro atoms. The highest BCUT2D eigenvalue weighted by atomic mass is 19.2. The van der Waals surface area contributed by atoms with Crippen molar-refractivity contribution in [1.82, 2.24) is 0 Å². The fourth-order valence-electron chi connectivity index (χ4n) is 1.69. The van der Waals surface area contributed by atoms with Gasteiger partial charge in [-0.1, -0.05) is 17.3 Å². The molecule has 0 saturated heterocycles. The number of carbonyl (C=O) groups is 1. The van der Waals surface area contributed by atoms with Gasteiger partial charge in [0.1, 0.15) is 5.56 Å². The van der Waals surface area contributed by atoms with Gasteiger partial charge in [-0.15, -0.1) is 13.2 Å². The molecule has 1 aromatic rings. The van der Waals surface area contributed by atoms with Crippen LogP contribution >= 0.6 is 0 Å². The van der Waals surface area contributed by atoms with Gasteiger partial charge in [-0.05, 0) is 25.7 Å². The van der Waals surface area contributed by atoms with Crippen molar-refractivity contribution >= 4 is 11.7 Å². The van der Waals surface area contributed by atoms with E-state index in [1.54, 1.807) is 12.2 Å². The molecular formula is C16H14F5NO2. The van der Waals surface area contributed by atoms with Gasteiger partial charge in [0.25, 0.3) is 0 Å². The van der Waals surface area contributed by atoms with E-state index in [9.17, 15) is 26.7 Å². The summed E-state index contributed by atoms with van der Waals surface area (Å²) in [5, 5.41) is 3.44. The standard InChI is InChI=1S/C16H14F5NO2/c1-3-5-7-9(8-6-4-2)22-24-16(23)10-11(17)13(19)15(21)14(20)12(10)18/h3-4H,1-2,5-8H2. The highest BCUT2D eigenvalue weighted by Crippen LogP contribution is 2.23. The summed E-state index contributed by atoms with van der Waals surface area (Å²) in [6.07, 6.45) is 4.85. The maximum atomic E-state index is 13.5. The molecule has 0 N–H and O–H groups in total. The summed E-state index contributed by atoms with van der Waals surface area (Å²) in [5.41, 5.74) is -1.34. The Kier molecular flexibility index (Phi) is 7.29. The Hall–Kier alpha value is -2.51. The summed E-state index contributed by atoms with van der Waals surface area (Å²) in [6.45, 7) is 7.01. The normalized spacial score (nSPS) is 10.2. The van der Waals surface area contributed by atoms with Crippen LogP contribution in [-0.2, 0) is 4.84 Å². The van der Waals surface area contributed by atoms with E-state index in [4.69, 9.17) is 0 Å². The number of benzene rings is 1. The van der Waals surface area contributed by atoms with Gasteiger partial charge < -0.3 is 4.84 Å². The third kappa shape index (κ3) is 4.50. The van der Waals surface area contributed by atoms with Crippen molar-refractivity contribution in [2.24, 2.45) is 5.16 Å². The summed E-state index contributed by atoms with van der Waals surface area (Å²) < 4.78 is 66.0. The molecule has 0 atom stereocenters. The molecule has 0 amide bonds. The summed E-state index contributed by atoms with van der Waals surface area (Å²) in [5.74, 6) is -13.2. The Morgan fingerprint density at radius 3 is 1.71 bits per heavy atom. The SMILES string of the molecule is C=CCCC(CCC=C)=NOC(=O)c1c(F)c(F)c(F)c(F)c1F. The van der Waals surface area contributed by atoms with Gasteiger partial charge in [-0.3, -0.25) is 0 Å². The minimum absolute atomic E-state index is 0.349. The van der Waals surface area contributed by atoms with Crippen molar-refractivity contribution in [3.8, 4) is 0 Å². The Labute approximate surface area is 135 Å². The predicted molar refractivity (Wildman–Crippen MR) is 77.9 cm³/mol. The molecular weight excluding hydrogens is 333 g/mol. The van der Waals surface area contributed by atoms with Crippen LogP contribution in [0.4, 0.5) is 22.0 Å².